The number of hydrogen-bond donors (Lipinski definition) is 0. The van der Waals surface area contributed by atoms with E-state index in [-0.39, 0.29) is 5.63 Å². The van der Waals surface area contributed by atoms with Gasteiger partial charge < -0.3 is 13.9 Å². The van der Waals surface area contributed by atoms with Gasteiger partial charge in [-0.15, -0.1) is 0 Å². The summed E-state index contributed by atoms with van der Waals surface area (Å²) in [5, 5.41) is 1.01. The molecule has 0 bridgehead atoms. The molecule has 1 aromatic heterocycles. The Kier molecular flexibility index (Phi) is 5.35. The monoisotopic (exact) mass is 379 g/mol. The predicted octanol–water partition coefficient (Wildman–Crippen LogP) is 4.50. The summed E-state index contributed by atoms with van der Waals surface area (Å²) in [7, 11) is 1.68. The zero-order valence-electron chi connectivity index (χ0n) is 16.4. The Labute approximate surface area is 164 Å². The van der Waals surface area contributed by atoms with E-state index >= 15 is 0 Å². The number of nitrogens with zero attached hydrogens (tertiary/aromatic N) is 1. The molecule has 5 heteroatoms. The van der Waals surface area contributed by atoms with Crippen molar-refractivity contribution in [3.63, 3.8) is 0 Å². The van der Waals surface area contributed by atoms with Crippen molar-refractivity contribution in [2.75, 3.05) is 13.8 Å². The summed E-state index contributed by atoms with van der Waals surface area (Å²) in [6.45, 7) is 3.99. The van der Waals surface area contributed by atoms with Gasteiger partial charge in [-0.05, 0) is 36.6 Å². The molecular weight excluding hydrogens is 354 g/mol. The molecule has 1 aliphatic heterocycles. The number of unbranched alkanes of at least 4 members (excludes halogenated alkanes) is 1. The van der Waals surface area contributed by atoms with Crippen LogP contribution in [0.1, 0.15) is 36.5 Å². The number of methoxy groups -OCH3 is 1. The van der Waals surface area contributed by atoms with Gasteiger partial charge in [-0.25, -0.2) is 4.79 Å². The van der Waals surface area contributed by atoms with Crippen LogP contribution in [0, 0.1) is 0 Å². The number of hydrogen-bond acceptors (Lipinski definition) is 5. The third-order valence-electron chi connectivity index (χ3n) is 5.23. The van der Waals surface area contributed by atoms with Crippen LogP contribution in [0.3, 0.4) is 0 Å². The van der Waals surface area contributed by atoms with Crippen molar-refractivity contribution in [2.45, 2.75) is 39.3 Å². The van der Waals surface area contributed by atoms with Gasteiger partial charge in [0.1, 0.15) is 23.8 Å². The lowest BCUT2D eigenvalue weighted by molar-refractivity contribution is 0.0882. The van der Waals surface area contributed by atoms with Crippen LogP contribution in [-0.2, 0) is 19.5 Å². The van der Waals surface area contributed by atoms with Gasteiger partial charge in [-0.1, -0.05) is 31.5 Å². The van der Waals surface area contributed by atoms with Gasteiger partial charge in [-0.2, -0.15) is 0 Å². The molecule has 5 nitrogen and oxygen atoms in total. The van der Waals surface area contributed by atoms with Gasteiger partial charge in [0.25, 0.3) is 0 Å². The van der Waals surface area contributed by atoms with E-state index in [9.17, 15) is 4.79 Å². The number of rotatable bonds is 6. The quantitative estimate of drug-likeness (QED) is 0.591. The molecule has 0 amide bonds. The van der Waals surface area contributed by atoms with Crippen LogP contribution in [0.2, 0.25) is 0 Å². The van der Waals surface area contributed by atoms with Crippen molar-refractivity contribution in [3.8, 4) is 11.5 Å². The zero-order valence-corrected chi connectivity index (χ0v) is 16.4. The van der Waals surface area contributed by atoms with Gasteiger partial charge >= 0.3 is 5.63 Å². The minimum absolute atomic E-state index is 0.297. The molecule has 0 saturated carbocycles. The number of aryl methyl sites for hydroxylation is 1. The summed E-state index contributed by atoms with van der Waals surface area (Å²) < 4.78 is 17.1. The summed E-state index contributed by atoms with van der Waals surface area (Å²) in [6, 6.07) is 13.6. The normalized spacial score (nSPS) is 13.9. The highest BCUT2D eigenvalue weighted by molar-refractivity contribution is 5.85. The van der Waals surface area contributed by atoms with E-state index in [1.165, 1.54) is 0 Å². The van der Waals surface area contributed by atoms with Crippen LogP contribution in [0.5, 0.6) is 11.5 Å². The molecule has 0 fully saturated rings. The first kappa shape index (κ1) is 18.6. The molecule has 0 radical (unpaired) electrons. The third kappa shape index (κ3) is 3.62. The Bertz CT molecular complexity index is 1040. The molecule has 0 spiro atoms. The second-order valence-corrected chi connectivity index (χ2v) is 7.19. The van der Waals surface area contributed by atoms with Crippen LogP contribution in [0.15, 0.2) is 51.7 Å². The first-order valence-electron chi connectivity index (χ1n) is 9.75. The second kappa shape index (κ2) is 8.07. The zero-order chi connectivity index (χ0) is 19.5. The molecule has 2 heterocycles. The van der Waals surface area contributed by atoms with Crippen molar-refractivity contribution >= 4 is 11.0 Å². The van der Waals surface area contributed by atoms with Gasteiger partial charge in [0.05, 0.1) is 12.7 Å². The number of benzene rings is 2. The summed E-state index contributed by atoms with van der Waals surface area (Å²) >= 11 is 0. The molecule has 0 atom stereocenters. The molecule has 28 heavy (non-hydrogen) atoms. The first-order chi connectivity index (χ1) is 13.7. The van der Waals surface area contributed by atoms with E-state index in [2.05, 4.69) is 17.9 Å². The van der Waals surface area contributed by atoms with Crippen LogP contribution in [0.25, 0.3) is 11.0 Å². The second-order valence-electron chi connectivity index (χ2n) is 7.19. The first-order valence-corrected chi connectivity index (χ1v) is 9.75. The number of ether oxygens (including phenoxy) is 2. The summed E-state index contributed by atoms with van der Waals surface area (Å²) in [6.07, 6.45) is 3.01. The van der Waals surface area contributed by atoms with Crippen molar-refractivity contribution in [3.05, 3.63) is 69.6 Å². The van der Waals surface area contributed by atoms with E-state index in [0.717, 1.165) is 52.8 Å². The number of fused-ring (bicyclic) bond motifs is 3. The van der Waals surface area contributed by atoms with Crippen molar-refractivity contribution in [2.24, 2.45) is 0 Å². The van der Waals surface area contributed by atoms with E-state index < -0.39 is 0 Å². The standard InChI is InChI=1S/C23H25NO4/c1-3-4-7-16-12-22(25)28-23-18(16)10-11-21-19(23)14-24(15-27-21)13-17-8-5-6-9-20(17)26-2/h5-6,8-12H,3-4,7,13-15H2,1-2H3. The highest BCUT2D eigenvalue weighted by atomic mass is 16.5. The third-order valence-corrected chi connectivity index (χ3v) is 5.23. The highest BCUT2D eigenvalue weighted by Gasteiger charge is 2.23. The van der Waals surface area contributed by atoms with Crippen LogP contribution in [0.4, 0.5) is 0 Å². The van der Waals surface area contributed by atoms with Gasteiger partial charge in [0.15, 0.2) is 0 Å². The Hall–Kier alpha value is -2.79. The summed E-state index contributed by atoms with van der Waals surface area (Å²) in [4.78, 5) is 14.4. The molecule has 0 unspecified atom stereocenters. The topological polar surface area (TPSA) is 51.9 Å². The SMILES string of the molecule is CCCCc1cc(=O)oc2c3c(ccc12)OCN(Cc1ccccc1OC)C3. The molecule has 4 rings (SSSR count). The van der Waals surface area contributed by atoms with E-state index in [1.54, 1.807) is 13.2 Å². The molecule has 0 aliphatic carbocycles. The molecule has 2 aromatic carbocycles. The lowest BCUT2D eigenvalue weighted by Crippen LogP contribution is -2.31. The maximum absolute atomic E-state index is 12.2. The Morgan fingerprint density at radius 1 is 1.14 bits per heavy atom. The molecule has 146 valence electrons. The molecule has 1 aliphatic rings. The Balaban J connectivity index is 1.68. The molecular formula is C23H25NO4. The predicted molar refractivity (Wildman–Crippen MR) is 109 cm³/mol. The van der Waals surface area contributed by atoms with Crippen molar-refractivity contribution in [1.82, 2.24) is 4.90 Å². The Morgan fingerprint density at radius 3 is 2.82 bits per heavy atom. The minimum Gasteiger partial charge on any atom is -0.496 e. The maximum atomic E-state index is 12.2. The lowest BCUT2D eigenvalue weighted by atomic mass is 10.0. The average molecular weight is 379 g/mol. The van der Waals surface area contributed by atoms with Crippen LogP contribution in [-0.4, -0.2) is 18.7 Å². The van der Waals surface area contributed by atoms with Crippen LogP contribution < -0.4 is 15.1 Å². The number of para-hydroxylation sites is 1. The van der Waals surface area contributed by atoms with E-state index in [0.29, 0.717) is 25.4 Å². The maximum Gasteiger partial charge on any atom is 0.336 e. The largest absolute Gasteiger partial charge is 0.496 e. The van der Waals surface area contributed by atoms with Crippen molar-refractivity contribution in [1.29, 1.82) is 0 Å². The fourth-order valence-corrected chi connectivity index (χ4v) is 3.79. The summed E-state index contributed by atoms with van der Waals surface area (Å²) in [5.74, 6) is 1.65. The van der Waals surface area contributed by atoms with E-state index in [1.807, 2.05) is 30.3 Å². The molecule has 3 aromatic rings. The van der Waals surface area contributed by atoms with Crippen molar-refractivity contribution < 1.29 is 13.9 Å². The van der Waals surface area contributed by atoms with Gasteiger partial charge in [0.2, 0.25) is 0 Å². The van der Waals surface area contributed by atoms with Gasteiger partial charge in [0, 0.05) is 30.1 Å². The van der Waals surface area contributed by atoms with E-state index in [4.69, 9.17) is 13.9 Å². The Morgan fingerprint density at radius 2 is 2.00 bits per heavy atom. The fraction of sp³-hybridized carbons (Fsp3) is 0.348. The van der Waals surface area contributed by atoms with Crippen LogP contribution >= 0.6 is 0 Å². The highest BCUT2D eigenvalue weighted by Crippen LogP contribution is 2.34. The lowest BCUT2D eigenvalue weighted by Gasteiger charge is -2.29. The molecule has 0 saturated heterocycles. The average Bonchev–Trinajstić information content (AvgIpc) is 2.72. The van der Waals surface area contributed by atoms with Gasteiger partial charge in [-0.3, -0.25) is 4.90 Å². The summed E-state index contributed by atoms with van der Waals surface area (Å²) in [5.41, 5.74) is 3.45. The fourth-order valence-electron chi connectivity index (χ4n) is 3.79. The minimum atomic E-state index is -0.297. The smallest absolute Gasteiger partial charge is 0.336 e. The molecule has 0 N–H and O–H groups in total.